The summed E-state index contributed by atoms with van der Waals surface area (Å²) in [5.41, 5.74) is 3.89. The molecule has 1 saturated carbocycles. The van der Waals surface area contributed by atoms with Gasteiger partial charge in [0, 0.05) is 54.8 Å². The molecule has 0 aromatic carbocycles. The van der Waals surface area contributed by atoms with Gasteiger partial charge < -0.3 is 9.30 Å². The predicted molar refractivity (Wildman–Crippen MR) is 107 cm³/mol. The van der Waals surface area contributed by atoms with Crippen molar-refractivity contribution in [2.75, 3.05) is 6.61 Å². The van der Waals surface area contributed by atoms with Crippen molar-refractivity contribution in [2.24, 2.45) is 18.9 Å². The lowest BCUT2D eigenvalue weighted by Crippen LogP contribution is -2.14. The first-order valence-corrected chi connectivity index (χ1v) is 9.50. The Bertz CT molecular complexity index is 1060. The third-order valence-electron chi connectivity index (χ3n) is 5.52. The lowest BCUT2D eigenvalue weighted by Gasteiger charge is -2.11. The molecule has 6 heteroatoms. The van der Waals surface area contributed by atoms with E-state index in [9.17, 15) is 4.79 Å². The van der Waals surface area contributed by atoms with E-state index >= 15 is 0 Å². The van der Waals surface area contributed by atoms with Gasteiger partial charge in [0.25, 0.3) is 0 Å². The highest BCUT2D eigenvalue weighted by Gasteiger charge is 2.49. The fraction of sp³-hybridized carbons (Fsp3) is 0.364. The molecule has 3 unspecified atom stereocenters. The van der Waals surface area contributed by atoms with Crippen molar-refractivity contribution in [1.29, 1.82) is 0 Å². The van der Waals surface area contributed by atoms with Crippen LogP contribution in [-0.2, 0) is 7.05 Å². The van der Waals surface area contributed by atoms with Gasteiger partial charge in [-0.2, -0.15) is 4.98 Å². The quantitative estimate of drug-likeness (QED) is 0.683. The van der Waals surface area contributed by atoms with Crippen molar-refractivity contribution in [2.45, 2.75) is 26.7 Å². The highest BCUT2D eigenvalue weighted by atomic mass is 16.5. The van der Waals surface area contributed by atoms with Gasteiger partial charge in [-0.05, 0) is 37.5 Å². The largest absolute Gasteiger partial charge is 0.477 e. The second-order valence-corrected chi connectivity index (χ2v) is 7.62. The van der Waals surface area contributed by atoms with Crippen LogP contribution in [-0.4, -0.2) is 26.1 Å². The second-order valence-electron chi connectivity index (χ2n) is 7.62. The molecule has 1 aliphatic carbocycles. The number of hydrogen-bond acceptors (Lipinski definition) is 5. The van der Waals surface area contributed by atoms with E-state index in [2.05, 4.69) is 34.0 Å². The van der Waals surface area contributed by atoms with Crippen LogP contribution in [0, 0.1) is 25.7 Å². The van der Waals surface area contributed by atoms with Crippen LogP contribution in [0.3, 0.4) is 0 Å². The zero-order chi connectivity index (χ0) is 19.8. The standard InChI is InChI=1S/C22H24N4O2/c1-13-5-7-19(24-9-13)21-14(2)18(21)12-28-22-17(10-23-15(3)25-22)16-6-8-20(27)26(4)11-16/h5-11,14,18,21H,12H2,1-4H3. The number of aryl methyl sites for hydroxylation is 3. The minimum atomic E-state index is -0.0560. The Labute approximate surface area is 164 Å². The molecule has 0 saturated heterocycles. The number of aromatic nitrogens is 4. The molecule has 0 radical (unpaired) electrons. The molecule has 0 bridgehead atoms. The zero-order valence-corrected chi connectivity index (χ0v) is 16.6. The Kier molecular flexibility index (Phi) is 4.71. The Morgan fingerprint density at radius 3 is 2.64 bits per heavy atom. The average Bonchev–Trinajstić information content (AvgIpc) is 3.32. The topological polar surface area (TPSA) is 69.9 Å². The summed E-state index contributed by atoms with van der Waals surface area (Å²) in [6.07, 6.45) is 5.46. The van der Waals surface area contributed by atoms with Gasteiger partial charge in [-0.25, -0.2) is 4.98 Å². The molecule has 3 aromatic heterocycles. The molecule has 1 aliphatic rings. The van der Waals surface area contributed by atoms with Crippen molar-refractivity contribution < 1.29 is 4.74 Å². The molecule has 144 valence electrons. The number of rotatable bonds is 5. The maximum atomic E-state index is 11.7. The highest BCUT2D eigenvalue weighted by Crippen LogP contribution is 2.53. The SMILES string of the molecule is Cc1ccc(C2C(C)C2COc2nc(C)ncc2-c2ccc(=O)n(C)c2)nc1. The molecule has 3 atom stereocenters. The summed E-state index contributed by atoms with van der Waals surface area (Å²) in [4.78, 5) is 25.1. The summed E-state index contributed by atoms with van der Waals surface area (Å²) in [5.74, 6) is 2.58. The molecule has 0 aliphatic heterocycles. The minimum absolute atomic E-state index is 0.0560. The first kappa shape index (κ1) is 18.3. The lowest BCUT2D eigenvalue weighted by atomic mass is 10.1. The number of hydrogen-bond donors (Lipinski definition) is 0. The third-order valence-corrected chi connectivity index (χ3v) is 5.52. The van der Waals surface area contributed by atoms with E-state index in [1.807, 2.05) is 20.0 Å². The van der Waals surface area contributed by atoms with Gasteiger partial charge in [-0.3, -0.25) is 9.78 Å². The summed E-state index contributed by atoms with van der Waals surface area (Å²) >= 11 is 0. The normalized spacial score (nSPS) is 20.8. The fourth-order valence-electron chi connectivity index (χ4n) is 3.65. The Balaban J connectivity index is 1.54. The average molecular weight is 376 g/mol. The van der Waals surface area contributed by atoms with Gasteiger partial charge >= 0.3 is 0 Å². The molecular weight excluding hydrogens is 352 g/mol. The molecule has 6 nitrogen and oxygen atoms in total. The maximum absolute atomic E-state index is 11.7. The van der Waals surface area contributed by atoms with Crippen molar-refractivity contribution in [3.05, 3.63) is 70.3 Å². The van der Waals surface area contributed by atoms with E-state index < -0.39 is 0 Å². The summed E-state index contributed by atoms with van der Waals surface area (Å²) in [5, 5.41) is 0. The van der Waals surface area contributed by atoms with E-state index in [1.54, 1.807) is 36.1 Å². The zero-order valence-electron chi connectivity index (χ0n) is 16.6. The second kappa shape index (κ2) is 7.19. The highest BCUT2D eigenvalue weighted by molar-refractivity contribution is 5.66. The van der Waals surface area contributed by atoms with Crippen molar-refractivity contribution in [1.82, 2.24) is 19.5 Å². The number of ether oxygens (including phenoxy) is 1. The number of nitrogens with zero attached hydrogens (tertiary/aromatic N) is 4. The van der Waals surface area contributed by atoms with Crippen LogP contribution in [0.15, 0.2) is 47.7 Å². The van der Waals surface area contributed by atoms with Crippen LogP contribution in [0.5, 0.6) is 5.88 Å². The molecule has 4 rings (SSSR count). The van der Waals surface area contributed by atoms with E-state index in [0.717, 1.165) is 16.8 Å². The molecule has 0 N–H and O–H groups in total. The molecule has 3 heterocycles. The van der Waals surface area contributed by atoms with Crippen LogP contribution in [0.4, 0.5) is 0 Å². The van der Waals surface area contributed by atoms with Crippen molar-refractivity contribution >= 4 is 0 Å². The van der Waals surface area contributed by atoms with Gasteiger partial charge in [0.15, 0.2) is 0 Å². The summed E-state index contributed by atoms with van der Waals surface area (Å²) in [7, 11) is 1.73. The van der Waals surface area contributed by atoms with E-state index in [0.29, 0.717) is 36.1 Å². The summed E-state index contributed by atoms with van der Waals surface area (Å²) in [6.45, 7) is 6.71. The molecule has 0 amide bonds. The van der Waals surface area contributed by atoms with Gasteiger partial charge in [-0.15, -0.1) is 0 Å². The fourth-order valence-corrected chi connectivity index (χ4v) is 3.65. The Morgan fingerprint density at radius 1 is 1.11 bits per heavy atom. The lowest BCUT2D eigenvalue weighted by molar-refractivity contribution is 0.280. The van der Waals surface area contributed by atoms with Crippen LogP contribution in [0.25, 0.3) is 11.1 Å². The van der Waals surface area contributed by atoms with Crippen molar-refractivity contribution in [3.63, 3.8) is 0 Å². The minimum Gasteiger partial charge on any atom is -0.477 e. The Hall–Kier alpha value is -3.02. The molecular formula is C22H24N4O2. The first-order valence-electron chi connectivity index (χ1n) is 9.50. The van der Waals surface area contributed by atoms with Crippen LogP contribution in [0.2, 0.25) is 0 Å². The van der Waals surface area contributed by atoms with Gasteiger partial charge in [0.05, 0.1) is 12.2 Å². The number of pyridine rings is 2. The maximum Gasteiger partial charge on any atom is 0.250 e. The summed E-state index contributed by atoms with van der Waals surface area (Å²) in [6, 6.07) is 7.54. The van der Waals surface area contributed by atoms with Crippen LogP contribution in [0.1, 0.15) is 29.9 Å². The third kappa shape index (κ3) is 3.54. The van der Waals surface area contributed by atoms with E-state index in [1.165, 1.54) is 5.56 Å². The monoisotopic (exact) mass is 376 g/mol. The Morgan fingerprint density at radius 2 is 1.93 bits per heavy atom. The smallest absolute Gasteiger partial charge is 0.250 e. The molecule has 0 spiro atoms. The molecule has 1 fully saturated rings. The van der Waals surface area contributed by atoms with Gasteiger partial charge in [-0.1, -0.05) is 13.0 Å². The van der Waals surface area contributed by atoms with E-state index in [4.69, 9.17) is 4.74 Å². The van der Waals surface area contributed by atoms with Crippen molar-refractivity contribution in [3.8, 4) is 17.0 Å². The molecule has 3 aromatic rings. The van der Waals surface area contributed by atoms with E-state index in [-0.39, 0.29) is 5.56 Å². The van der Waals surface area contributed by atoms with Crippen LogP contribution < -0.4 is 10.3 Å². The molecule has 28 heavy (non-hydrogen) atoms. The predicted octanol–water partition coefficient (Wildman–Crippen LogP) is 3.28. The first-order chi connectivity index (χ1) is 13.4. The van der Waals surface area contributed by atoms with Gasteiger partial charge in [0.2, 0.25) is 11.4 Å². The van der Waals surface area contributed by atoms with Gasteiger partial charge in [0.1, 0.15) is 5.82 Å². The van der Waals surface area contributed by atoms with Crippen LogP contribution >= 0.6 is 0 Å². The summed E-state index contributed by atoms with van der Waals surface area (Å²) < 4.78 is 7.69.